The SMILES string of the molecule is CCC(C)(C(=O)N1CCCOCC1)C(N)=S. The third kappa shape index (κ3) is 2.71. The second-order valence-electron chi connectivity index (χ2n) is 4.31. The van der Waals surface area contributed by atoms with E-state index >= 15 is 0 Å². The van der Waals surface area contributed by atoms with E-state index in [1.165, 1.54) is 0 Å². The van der Waals surface area contributed by atoms with Crippen LogP contribution in [0, 0.1) is 5.41 Å². The number of thiocarbonyl (C=S) groups is 1. The standard InChI is InChI=1S/C11H20N2O2S/c1-3-11(2,9(12)16)10(14)13-5-4-7-15-8-6-13/h3-8H2,1-2H3,(H2,12,16). The molecule has 5 heteroatoms. The predicted molar refractivity (Wildman–Crippen MR) is 67.2 cm³/mol. The van der Waals surface area contributed by atoms with E-state index in [2.05, 4.69) is 0 Å². The molecule has 1 heterocycles. The van der Waals surface area contributed by atoms with Gasteiger partial charge >= 0.3 is 0 Å². The first-order valence-electron chi connectivity index (χ1n) is 5.69. The maximum absolute atomic E-state index is 12.3. The Kier molecular flexibility index (Phi) is 4.68. The van der Waals surface area contributed by atoms with Crippen molar-refractivity contribution in [1.82, 2.24) is 4.90 Å². The second-order valence-corrected chi connectivity index (χ2v) is 4.75. The Hall–Kier alpha value is -0.680. The van der Waals surface area contributed by atoms with Crippen molar-refractivity contribution >= 4 is 23.1 Å². The summed E-state index contributed by atoms with van der Waals surface area (Å²) in [4.78, 5) is 14.4. The molecule has 0 aliphatic carbocycles. The number of rotatable bonds is 3. The summed E-state index contributed by atoms with van der Waals surface area (Å²) in [6.45, 7) is 6.45. The third-order valence-electron chi connectivity index (χ3n) is 3.23. The van der Waals surface area contributed by atoms with Gasteiger partial charge in [-0.3, -0.25) is 4.79 Å². The lowest BCUT2D eigenvalue weighted by molar-refractivity contribution is -0.137. The lowest BCUT2D eigenvalue weighted by Crippen LogP contribution is -2.49. The highest BCUT2D eigenvalue weighted by molar-refractivity contribution is 7.80. The average Bonchev–Trinajstić information content (AvgIpc) is 2.55. The van der Waals surface area contributed by atoms with Crippen molar-refractivity contribution in [3.63, 3.8) is 0 Å². The highest BCUT2D eigenvalue weighted by Gasteiger charge is 2.37. The normalized spacial score (nSPS) is 21.0. The second kappa shape index (κ2) is 5.59. The number of nitrogens with zero attached hydrogens (tertiary/aromatic N) is 1. The van der Waals surface area contributed by atoms with Crippen LogP contribution in [0.3, 0.4) is 0 Å². The largest absolute Gasteiger partial charge is 0.392 e. The fraction of sp³-hybridized carbons (Fsp3) is 0.818. The molecule has 1 unspecified atom stereocenters. The summed E-state index contributed by atoms with van der Waals surface area (Å²) in [5.41, 5.74) is 4.97. The van der Waals surface area contributed by atoms with E-state index in [0.29, 0.717) is 19.6 Å². The van der Waals surface area contributed by atoms with Gasteiger partial charge in [-0.15, -0.1) is 0 Å². The smallest absolute Gasteiger partial charge is 0.235 e. The molecule has 1 fully saturated rings. The van der Waals surface area contributed by atoms with Crippen LogP contribution in [0.1, 0.15) is 26.7 Å². The van der Waals surface area contributed by atoms with E-state index in [1.54, 1.807) is 0 Å². The number of carbonyl (C=O) groups excluding carboxylic acids is 1. The van der Waals surface area contributed by atoms with Crippen molar-refractivity contribution in [2.45, 2.75) is 26.7 Å². The van der Waals surface area contributed by atoms with Crippen molar-refractivity contribution in [3.8, 4) is 0 Å². The summed E-state index contributed by atoms with van der Waals surface area (Å²) >= 11 is 5.01. The maximum Gasteiger partial charge on any atom is 0.235 e. The zero-order valence-corrected chi connectivity index (χ0v) is 10.8. The molecule has 0 bridgehead atoms. The number of ether oxygens (including phenoxy) is 1. The van der Waals surface area contributed by atoms with Crippen molar-refractivity contribution in [2.24, 2.45) is 11.1 Å². The van der Waals surface area contributed by atoms with Crippen molar-refractivity contribution in [2.75, 3.05) is 26.3 Å². The van der Waals surface area contributed by atoms with Gasteiger partial charge < -0.3 is 15.4 Å². The summed E-state index contributed by atoms with van der Waals surface area (Å²) in [6.07, 6.45) is 1.52. The Morgan fingerprint density at radius 3 is 2.75 bits per heavy atom. The molecule has 1 saturated heterocycles. The molecule has 1 amide bonds. The zero-order valence-electron chi connectivity index (χ0n) is 9.99. The minimum atomic E-state index is -0.709. The van der Waals surface area contributed by atoms with E-state index in [0.717, 1.165) is 19.6 Å². The van der Waals surface area contributed by atoms with Crippen molar-refractivity contribution < 1.29 is 9.53 Å². The molecule has 1 rings (SSSR count). The molecule has 0 aromatic carbocycles. The monoisotopic (exact) mass is 244 g/mol. The van der Waals surface area contributed by atoms with Crippen LogP contribution in [0.25, 0.3) is 0 Å². The fourth-order valence-electron chi connectivity index (χ4n) is 1.73. The minimum Gasteiger partial charge on any atom is -0.392 e. The number of carbonyl (C=O) groups is 1. The summed E-state index contributed by atoms with van der Waals surface area (Å²) in [6, 6.07) is 0. The van der Waals surface area contributed by atoms with Gasteiger partial charge in [0.15, 0.2) is 0 Å². The van der Waals surface area contributed by atoms with Crippen LogP contribution in [0.5, 0.6) is 0 Å². The van der Waals surface area contributed by atoms with Gasteiger partial charge in [0.2, 0.25) is 5.91 Å². The van der Waals surface area contributed by atoms with E-state index < -0.39 is 5.41 Å². The lowest BCUT2D eigenvalue weighted by atomic mass is 9.85. The van der Waals surface area contributed by atoms with Gasteiger partial charge in [0, 0.05) is 19.7 Å². The first kappa shape index (κ1) is 13.4. The Bertz CT molecular complexity index is 275. The molecule has 92 valence electrons. The van der Waals surface area contributed by atoms with Gasteiger partial charge in [-0.1, -0.05) is 19.1 Å². The Morgan fingerprint density at radius 1 is 1.50 bits per heavy atom. The van der Waals surface area contributed by atoms with E-state index in [-0.39, 0.29) is 10.9 Å². The van der Waals surface area contributed by atoms with Gasteiger partial charge in [-0.25, -0.2) is 0 Å². The number of hydrogen-bond acceptors (Lipinski definition) is 3. The first-order chi connectivity index (χ1) is 7.52. The van der Waals surface area contributed by atoms with Crippen LogP contribution >= 0.6 is 12.2 Å². The average molecular weight is 244 g/mol. The van der Waals surface area contributed by atoms with Crippen molar-refractivity contribution in [3.05, 3.63) is 0 Å². The van der Waals surface area contributed by atoms with E-state index in [1.807, 2.05) is 18.7 Å². The molecule has 2 N–H and O–H groups in total. The van der Waals surface area contributed by atoms with Gasteiger partial charge in [-0.2, -0.15) is 0 Å². The van der Waals surface area contributed by atoms with E-state index in [9.17, 15) is 4.79 Å². The topological polar surface area (TPSA) is 55.6 Å². The Balaban J connectivity index is 2.77. The number of amides is 1. The van der Waals surface area contributed by atoms with Crippen LogP contribution in [-0.4, -0.2) is 42.1 Å². The fourth-order valence-corrected chi connectivity index (χ4v) is 1.96. The Labute approximate surface area is 102 Å². The molecular formula is C11H20N2O2S. The first-order valence-corrected chi connectivity index (χ1v) is 6.10. The van der Waals surface area contributed by atoms with Crippen LogP contribution < -0.4 is 5.73 Å². The Morgan fingerprint density at radius 2 is 2.19 bits per heavy atom. The summed E-state index contributed by atoms with van der Waals surface area (Å²) < 4.78 is 5.32. The molecule has 0 aromatic rings. The molecular weight excluding hydrogens is 224 g/mol. The van der Waals surface area contributed by atoms with Crippen LogP contribution in [0.2, 0.25) is 0 Å². The van der Waals surface area contributed by atoms with Gasteiger partial charge in [-0.05, 0) is 19.8 Å². The summed E-state index contributed by atoms with van der Waals surface area (Å²) in [5.74, 6) is 0.0352. The van der Waals surface area contributed by atoms with Gasteiger partial charge in [0.1, 0.15) is 0 Å². The molecule has 1 aliphatic heterocycles. The molecule has 0 spiro atoms. The van der Waals surface area contributed by atoms with Crippen molar-refractivity contribution in [1.29, 1.82) is 0 Å². The predicted octanol–water partition coefficient (Wildman–Crippen LogP) is 0.938. The third-order valence-corrected chi connectivity index (χ3v) is 3.68. The van der Waals surface area contributed by atoms with Crippen LogP contribution in [-0.2, 0) is 9.53 Å². The van der Waals surface area contributed by atoms with Crippen LogP contribution in [0.4, 0.5) is 0 Å². The molecule has 0 saturated carbocycles. The molecule has 0 radical (unpaired) electrons. The zero-order chi connectivity index (χ0) is 12.2. The summed E-state index contributed by atoms with van der Waals surface area (Å²) in [5, 5.41) is 0. The number of hydrogen-bond donors (Lipinski definition) is 1. The highest BCUT2D eigenvalue weighted by atomic mass is 32.1. The molecule has 1 atom stereocenters. The number of nitrogens with two attached hydrogens (primary N) is 1. The molecule has 4 nitrogen and oxygen atoms in total. The van der Waals surface area contributed by atoms with Gasteiger partial charge in [0.05, 0.1) is 17.0 Å². The maximum atomic E-state index is 12.3. The lowest BCUT2D eigenvalue weighted by Gasteiger charge is -2.32. The molecule has 1 aliphatic rings. The summed E-state index contributed by atoms with van der Waals surface area (Å²) in [7, 11) is 0. The molecule has 16 heavy (non-hydrogen) atoms. The highest BCUT2D eigenvalue weighted by Crippen LogP contribution is 2.25. The quantitative estimate of drug-likeness (QED) is 0.751. The minimum absolute atomic E-state index is 0.0352. The van der Waals surface area contributed by atoms with E-state index in [4.69, 9.17) is 22.7 Å². The van der Waals surface area contributed by atoms with Crippen LogP contribution in [0.15, 0.2) is 0 Å². The molecule has 0 aromatic heterocycles. The van der Waals surface area contributed by atoms with Gasteiger partial charge in [0.25, 0.3) is 0 Å².